The Morgan fingerprint density at radius 2 is 1.07 bits per heavy atom. The number of rotatable bonds is 13. The normalized spacial score (nSPS) is 23.0. The molecule has 3 fully saturated rings. The predicted octanol–water partition coefficient (Wildman–Crippen LogP) is 11.3. The first kappa shape index (κ1) is 48.5. The number of phenolic OH excluding ortho intramolecular Hbond substituents is 2. The number of aromatic hydroxyl groups is 2. The summed E-state index contributed by atoms with van der Waals surface area (Å²) in [5, 5.41) is 28.1. The number of pyridine rings is 4. The maximum atomic E-state index is 15.0. The molecular formula is C51H57Cl3F2N8O3. The van der Waals surface area contributed by atoms with Gasteiger partial charge in [-0.1, -0.05) is 23.2 Å². The van der Waals surface area contributed by atoms with Crippen LogP contribution in [0.1, 0.15) is 75.3 Å². The van der Waals surface area contributed by atoms with Crippen LogP contribution in [0.5, 0.6) is 11.5 Å². The minimum absolute atomic E-state index is 0. The van der Waals surface area contributed by atoms with E-state index in [2.05, 4.69) is 48.6 Å². The van der Waals surface area contributed by atoms with Crippen LogP contribution < -0.4 is 10.6 Å². The lowest BCUT2D eigenvalue weighted by atomic mass is 9.55. The molecule has 0 radical (unpaired) electrons. The molecule has 4 N–H and O–H groups in total. The van der Waals surface area contributed by atoms with Gasteiger partial charge in [-0.3, -0.25) is 9.97 Å². The molecule has 3 aliphatic carbocycles. The maximum absolute atomic E-state index is 15.0. The first-order valence-corrected chi connectivity index (χ1v) is 23.7. The van der Waals surface area contributed by atoms with E-state index in [1.165, 1.54) is 24.3 Å². The monoisotopic (exact) mass is 972 g/mol. The largest absolute Gasteiger partial charge is 0.504 e. The summed E-state index contributed by atoms with van der Waals surface area (Å²) in [7, 11) is 8.45. The summed E-state index contributed by atoms with van der Waals surface area (Å²) < 4.78 is 29.9. The number of halogens is 5. The Kier molecular flexibility index (Phi) is 14.5. The van der Waals surface area contributed by atoms with Crippen LogP contribution in [-0.4, -0.2) is 99.6 Å². The average molecular weight is 974 g/mol. The van der Waals surface area contributed by atoms with Crippen molar-refractivity contribution in [3.05, 3.63) is 93.7 Å². The highest BCUT2D eigenvalue weighted by atomic mass is 35.5. The molecule has 0 bridgehead atoms. The number of carbonyl (C=O) groups is 1. The van der Waals surface area contributed by atoms with Gasteiger partial charge in [0.2, 0.25) is 0 Å². The minimum atomic E-state index is -0.849. The summed E-state index contributed by atoms with van der Waals surface area (Å²) in [5.41, 5.74) is 6.68. The van der Waals surface area contributed by atoms with Gasteiger partial charge in [0.15, 0.2) is 23.1 Å². The zero-order valence-corrected chi connectivity index (χ0v) is 40.5. The fourth-order valence-corrected chi connectivity index (χ4v) is 11.3. The van der Waals surface area contributed by atoms with Crippen LogP contribution in [0.15, 0.2) is 60.9 Å². The van der Waals surface area contributed by atoms with E-state index in [4.69, 9.17) is 43.1 Å². The van der Waals surface area contributed by atoms with E-state index in [0.29, 0.717) is 69.3 Å². The van der Waals surface area contributed by atoms with Gasteiger partial charge >= 0.3 is 0 Å². The molecule has 354 valence electrons. The van der Waals surface area contributed by atoms with Crippen molar-refractivity contribution >= 4 is 75.3 Å². The SMILES string of the molecule is CN(C)CC1CCC(Nc2c(C3(c4cnc5ccc(-c6cc(F)c(O)c(Cl)c6)nc5c4NC4CCC(CN(C)C)CC4)CC(C=O)C3)cnc3ccc(-c4cc(F)c(O)c(Cl)c4)nc23)CC1.Cl. The predicted molar refractivity (Wildman–Crippen MR) is 266 cm³/mol. The molecule has 11 nitrogen and oxygen atoms in total. The Balaban J connectivity index is 0.00000608. The number of carbonyl (C=O) groups excluding carboxylic acids is 1. The van der Waals surface area contributed by atoms with E-state index in [-0.39, 0.29) is 40.5 Å². The van der Waals surface area contributed by atoms with Crippen LogP contribution in [0.3, 0.4) is 0 Å². The molecule has 0 aliphatic heterocycles. The van der Waals surface area contributed by atoms with Crippen molar-refractivity contribution in [1.82, 2.24) is 29.7 Å². The highest BCUT2D eigenvalue weighted by Crippen LogP contribution is 2.57. The van der Waals surface area contributed by atoms with Crippen molar-refractivity contribution in [1.29, 1.82) is 0 Å². The van der Waals surface area contributed by atoms with Gasteiger partial charge < -0.3 is 35.4 Å². The van der Waals surface area contributed by atoms with E-state index in [1.807, 2.05) is 24.5 Å². The van der Waals surface area contributed by atoms with Gasteiger partial charge in [-0.2, -0.15) is 0 Å². The molecular weight excluding hydrogens is 917 g/mol. The van der Waals surface area contributed by atoms with Gasteiger partial charge in [-0.15, -0.1) is 12.4 Å². The summed E-state index contributed by atoms with van der Waals surface area (Å²) in [5.74, 6) is -2.02. The number of fused-ring (bicyclic) bond motifs is 2. The average Bonchev–Trinajstić information content (AvgIpc) is 3.28. The van der Waals surface area contributed by atoms with E-state index in [1.54, 1.807) is 12.1 Å². The van der Waals surface area contributed by atoms with Crippen LogP contribution in [0.2, 0.25) is 10.0 Å². The molecule has 0 saturated heterocycles. The van der Waals surface area contributed by atoms with Crippen molar-refractivity contribution in [2.45, 2.75) is 81.7 Å². The molecule has 0 spiro atoms. The summed E-state index contributed by atoms with van der Waals surface area (Å²) in [6.45, 7) is 2.05. The summed E-state index contributed by atoms with van der Waals surface area (Å²) in [6.07, 6.45) is 13.8. The molecule has 6 aromatic rings. The first-order chi connectivity index (χ1) is 31.7. The number of benzene rings is 2. The van der Waals surface area contributed by atoms with Crippen molar-refractivity contribution in [2.24, 2.45) is 17.8 Å². The second-order valence-corrected chi connectivity index (χ2v) is 20.2. The van der Waals surface area contributed by atoms with Gasteiger partial charge in [0, 0.05) is 71.2 Å². The lowest BCUT2D eigenvalue weighted by Gasteiger charge is -2.48. The second-order valence-electron chi connectivity index (χ2n) is 19.4. The van der Waals surface area contributed by atoms with Gasteiger partial charge in [0.05, 0.1) is 43.8 Å². The number of nitrogens with one attached hydrogen (secondary N) is 2. The van der Waals surface area contributed by atoms with Crippen molar-refractivity contribution < 1.29 is 23.8 Å². The van der Waals surface area contributed by atoms with Crippen molar-refractivity contribution in [3.8, 4) is 34.0 Å². The van der Waals surface area contributed by atoms with E-state index < -0.39 is 28.5 Å². The van der Waals surface area contributed by atoms with Crippen LogP contribution in [0.25, 0.3) is 44.6 Å². The van der Waals surface area contributed by atoms with Crippen molar-refractivity contribution in [2.75, 3.05) is 51.9 Å². The minimum Gasteiger partial charge on any atom is -0.504 e. The molecule has 2 aromatic carbocycles. The van der Waals surface area contributed by atoms with Gasteiger partial charge in [0.1, 0.15) is 17.3 Å². The third kappa shape index (κ3) is 9.86. The molecule has 67 heavy (non-hydrogen) atoms. The fourth-order valence-electron chi connectivity index (χ4n) is 10.8. The van der Waals surface area contributed by atoms with Crippen LogP contribution in [0.4, 0.5) is 20.2 Å². The molecule has 4 heterocycles. The molecule has 0 amide bonds. The highest BCUT2D eigenvalue weighted by molar-refractivity contribution is 6.32. The third-order valence-corrected chi connectivity index (χ3v) is 14.7. The lowest BCUT2D eigenvalue weighted by molar-refractivity contribution is -0.114. The smallest absolute Gasteiger partial charge is 0.170 e. The number of aldehydes is 1. The Morgan fingerprint density at radius 3 is 1.43 bits per heavy atom. The lowest BCUT2D eigenvalue weighted by Crippen LogP contribution is -2.45. The number of hydrogen-bond donors (Lipinski definition) is 4. The Labute approximate surface area is 406 Å². The quantitative estimate of drug-likeness (QED) is 0.0823. The number of phenols is 2. The standard InChI is InChI=1S/C51H56Cl2F2N8O3.ClH/c1-62(2)25-28-5-9-33(10-6-28)58-45-35(23-56-43-15-13-41(60-47(43)45)31-17-37(52)49(65)39(54)19-31)51(21-30(22-51)27-64)36-24-57-44-16-14-42(32-18-38(53)50(66)40(55)20-32)61-48(44)46(36)59-34-11-7-29(8-12-34)26-63(3)4;/h13-20,23-24,27-30,33-34,65-66H,5-12,21-22,25-26H2,1-4H3,(H,56,58)(H,57,59);1H. The van der Waals surface area contributed by atoms with Gasteiger partial charge in [-0.25, -0.2) is 18.7 Å². The topological polar surface area (TPSA) is 140 Å². The molecule has 3 aliphatic rings. The first-order valence-electron chi connectivity index (χ1n) is 22.9. The van der Waals surface area contributed by atoms with Crippen LogP contribution in [-0.2, 0) is 10.2 Å². The summed E-state index contributed by atoms with van der Waals surface area (Å²) in [4.78, 5) is 37.7. The molecule has 9 rings (SSSR count). The van der Waals surface area contributed by atoms with Crippen molar-refractivity contribution in [3.63, 3.8) is 0 Å². The number of nitrogens with zero attached hydrogens (tertiary/aromatic N) is 6. The molecule has 0 atom stereocenters. The number of hydrogen-bond acceptors (Lipinski definition) is 11. The van der Waals surface area contributed by atoms with Crippen LogP contribution >= 0.6 is 35.6 Å². The Morgan fingerprint density at radius 1 is 0.672 bits per heavy atom. The van der Waals surface area contributed by atoms with E-state index in [9.17, 15) is 23.8 Å². The Hall–Kier alpha value is -4.92. The molecule has 3 saturated carbocycles. The zero-order valence-electron chi connectivity index (χ0n) is 38.1. The molecule has 16 heteroatoms. The van der Waals surface area contributed by atoms with E-state index >= 15 is 0 Å². The third-order valence-electron chi connectivity index (χ3n) is 14.1. The molecule has 0 unspecified atom stereocenters. The number of aromatic nitrogens is 4. The summed E-state index contributed by atoms with van der Waals surface area (Å²) in [6, 6.07) is 13.0. The maximum Gasteiger partial charge on any atom is 0.170 e. The van der Waals surface area contributed by atoms with Gasteiger partial charge in [0.25, 0.3) is 0 Å². The number of anilines is 2. The Bertz CT molecular complexity index is 2570. The fraction of sp³-hybridized carbons (Fsp3) is 0.431. The van der Waals surface area contributed by atoms with E-state index in [0.717, 1.165) is 93.2 Å². The summed E-state index contributed by atoms with van der Waals surface area (Å²) >= 11 is 12.6. The second kappa shape index (κ2) is 20.0. The zero-order chi connectivity index (χ0) is 46.4. The highest BCUT2D eigenvalue weighted by Gasteiger charge is 2.51. The van der Waals surface area contributed by atoms with Gasteiger partial charge in [-0.05, 0) is 153 Å². The van der Waals surface area contributed by atoms with Crippen LogP contribution in [0, 0.1) is 29.4 Å². The molecule has 4 aromatic heterocycles.